The number of allylic oxidation sites excluding steroid dienone is 1. The van der Waals surface area contributed by atoms with Crippen LogP contribution >= 0.6 is 0 Å². The van der Waals surface area contributed by atoms with Crippen molar-refractivity contribution < 1.29 is 9.53 Å². The van der Waals surface area contributed by atoms with Gasteiger partial charge in [0.2, 0.25) is 0 Å². The number of hydrogen-bond acceptors (Lipinski definition) is 3. The van der Waals surface area contributed by atoms with Crippen molar-refractivity contribution in [3.05, 3.63) is 11.6 Å². The van der Waals surface area contributed by atoms with E-state index in [0.717, 1.165) is 62.2 Å². The third-order valence-corrected chi connectivity index (χ3v) is 8.62. The van der Waals surface area contributed by atoms with Crippen LogP contribution in [0.3, 0.4) is 0 Å². The van der Waals surface area contributed by atoms with Crippen molar-refractivity contribution in [1.82, 2.24) is 9.80 Å². The molecule has 1 amide bonds. The van der Waals surface area contributed by atoms with E-state index in [9.17, 15) is 4.79 Å². The fourth-order valence-corrected chi connectivity index (χ4v) is 7.21. The van der Waals surface area contributed by atoms with Crippen LogP contribution in [0.15, 0.2) is 11.6 Å². The maximum Gasteiger partial charge on any atom is 0.410 e. The zero-order chi connectivity index (χ0) is 18.4. The minimum absolute atomic E-state index is 0.0165. The molecule has 4 fully saturated rings. The van der Waals surface area contributed by atoms with Crippen LogP contribution in [0.5, 0.6) is 0 Å². The molecule has 3 saturated carbocycles. The van der Waals surface area contributed by atoms with Crippen LogP contribution in [0.25, 0.3) is 0 Å². The van der Waals surface area contributed by atoms with Gasteiger partial charge in [0.25, 0.3) is 0 Å². The second-order valence-corrected chi connectivity index (χ2v) is 9.94. The van der Waals surface area contributed by atoms with Crippen molar-refractivity contribution in [2.75, 3.05) is 33.2 Å². The van der Waals surface area contributed by atoms with Crippen LogP contribution in [-0.4, -0.2) is 55.2 Å². The van der Waals surface area contributed by atoms with Crippen molar-refractivity contribution in [2.45, 2.75) is 63.9 Å². The van der Waals surface area contributed by atoms with E-state index in [1.165, 1.54) is 51.4 Å². The van der Waals surface area contributed by atoms with Gasteiger partial charge in [0.15, 0.2) is 0 Å². The number of fused-ring (bicyclic) bond motifs is 5. The molecule has 4 aliphatic carbocycles. The number of amides is 1. The largest absolute Gasteiger partial charge is 0.442 e. The zero-order valence-corrected chi connectivity index (χ0v) is 16.9. The molecule has 5 rings (SSSR count). The van der Waals surface area contributed by atoms with E-state index in [0.29, 0.717) is 0 Å². The topological polar surface area (TPSA) is 32.8 Å². The summed E-state index contributed by atoms with van der Waals surface area (Å²) in [4.78, 5) is 16.7. The van der Waals surface area contributed by atoms with Crippen molar-refractivity contribution in [2.24, 2.45) is 29.6 Å². The highest BCUT2D eigenvalue weighted by molar-refractivity contribution is 5.68. The summed E-state index contributed by atoms with van der Waals surface area (Å²) < 4.78 is 5.91. The van der Waals surface area contributed by atoms with E-state index in [2.05, 4.69) is 18.0 Å². The molecule has 1 heterocycles. The molecule has 5 aliphatic rings. The first kappa shape index (κ1) is 18.0. The Kier molecular flexibility index (Phi) is 4.95. The summed E-state index contributed by atoms with van der Waals surface area (Å²) in [5.74, 6) is 4.82. The Hall–Kier alpha value is -1.03. The lowest BCUT2D eigenvalue weighted by Crippen LogP contribution is -2.48. The molecule has 1 aliphatic heterocycles. The number of likely N-dealkylation sites (N-methyl/N-ethyl adjacent to an activating group) is 1. The van der Waals surface area contributed by atoms with E-state index in [1.807, 2.05) is 4.90 Å². The van der Waals surface area contributed by atoms with Crippen LogP contribution in [0.2, 0.25) is 0 Å². The number of nitrogens with zero attached hydrogens (tertiary/aromatic N) is 2. The first-order chi connectivity index (χ1) is 13.2. The van der Waals surface area contributed by atoms with Gasteiger partial charge < -0.3 is 14.5 Å². The van der Waals surface area contributed by atoms with Crippen LogP contribution in [-0.2, 0) is 4.74 Å². The molecule has 0 aromatic carbocycles. The van der Waals surface area contributed by atoms with Gasteiger partial charge in [-0.1, -0.05) is 18.4 Å². The molecule has 150 valence electrons. The summed E-state index contributed by atoms with van der Waals surface area (Å²) in [6.45, 7) is 3.50. The van der Waals surface area contributed by atoms with Gasteiger partial charge in [0.05, 0.1) is 0 Å². The molecule has 4 nitrogen and oxygen atoms in total. The summed E-state index contributed by atoms with van der Waals surface area (Å²) in [6, 6.07) is 0. The molecule has 6 atom stereocenters. The van der Waals surface area contributed by atoms with Crippen LogP contribution < -0.4 is 0 Å². The Morgan fingerprint density at radius 1 is 0.926 bits per heavy atom. The Morgan fingerprint density at radius 3 is 2.63 bits per heavy atom. The number of piperazine rings is 1. The highest BCUT2D eigenvalue weighted by atomic mass is 16.6. The zero-order valence-electron chi connectivity index (χ0n) is 16.9. The fourth-order valence-electron chi connectivity index (χ4n) is 7.21. The predicted molar refractivity (Wildman–Crippen MR) is 106 cm³/mol. The normalized spacial score (nSPS) is 42.0. The number of carbonyl (C=O) groups excluding carboxylic acids is 1. The Labute approximate surface area is 164 Å². The van der Waals surface area contributed by atoms with Gasteiger partial charge in [-0.25, -0.2) is 4.79 Å². The van der Waals surface area contributed by atoms with E-state index >= 15 is 0 Å². The highest BCUT2D eigenvalue weighted by Gasteiger charge is 2.47. The Morgan fingerprint density at radius 2 is 1.78 bits per heavy atom. The van der Waals surface area contributed by atoms with Gasteiger partial charge in [-0.2, -0.15) is 0 Å². The fraction of sp³-hybridized carbons (Fsp3) is 0.870. The molecule has 0 bridgehead atoms. The summed E-state index contributed by atoms with van der Waals surface area (Å²) in [5.41, 5.74) is 1.63. The highest BCUT2D eigenvalue weighted by Crippen LogP contribution is 2.56. The molecule has 0 aromatic heterocycles. The summed E-state index contributed by atoms with van der Waals surface area (Å²) in [5, 5.41) is 0. The van der Waals surface area contributed by atoms with E-state index in [-0.39, 0.29) is 12.2 Å². The molecular weight excluding hydrogens is 336 g/mol. The van der Waals surface area contributed by atoms with Gasteiger partial charge in [-0.3, -0.25) is 0 Å². The van der Waals surface area contributed by atoms with Crippen molar-refractivity contribution in [3.63, 3.8) is 0 Å². The molecule has 0 N–H and O–H groups in total. The Balaban J connectivity index is 1.22. The van der Waals surface area contributed by atoms with Gasteiger partial charge in [-0.15, -0.1) is 0 Å². The minimum atomic E-state index is -0.0939. The van der Waals surface area contributed by atoms with E-state index < -0.39 is 0 Å². The monoisotopic (exact) mass is 372 g/mol. The third kappa shape index (κ3) is 3.43. The Bertz CT molecular complexity index is 595. The van der Waals surface area contributed by atoms with Crippen LogP contribution in [0.1, 0.15) is 57.8 Å². The molecule has 1 saturated heterocycles. The second-order valence-electron chi connectivity index (χ2n) is 9.94. The molecular formula is C23H36N2O2. The predicted octanol–water partition coefficient (Wildman–Crippen LogP) is 4.31. The van der Waals surface area contributed by atoms with Crippen LogP contribution in [0, 0.1) is 29.6 Å². The first-order valence-corrected chi connectivity index (χ1v) is 11.5. The first-order valence-electron chi connectivity index (χ1n) is 11.5. The third-order valence-electron chi connectivity index (χ3n) is 8.62. The maximum atomic E-state index is 12.5. The van der Waals surface area contributed by atoms with Gasteiger partial charge >= 0.3 is 6.09 Å². The van der Waals surface area contributed by atoms with Crippen molar-refractivity contribution >= 4 is 6.09 Å². The molecule has 27 heavy (non-hydrogen) atoms. The van der Waals surface area contributed by atoms with Gasteiger partial charge in [-0.05, 0) is 87.7 Å². The molecule has 0 spiro atoms. The lowest BCUT2D eigenvalue weighted by molar-refractivity contribution is 0.0291. The minimum Gasteiger partial charge on any atom is -0.442 e. The summed E-state index contributed by atoms with van der Waals surface area (Å²) >= 11 is 0. The second kappa shape index (κ2) is 7.42. The van der Waals surface area contributed by atoms with Gasteiger partial charge in [0, 0.05) is 26.2 Å². The number of carbonyl (C=O) groups is 1. The molecule has 0 radical (unpaired) electrons. The van der Waals surface area contributed by atoms with Gasteiger partial charge in [0.1, 0.15) is 6.10 Å². The number of rotatable bonds is 1. The van der Waals surface area contributed by atoms with Crippen molar-refractivity contribution in [3.8, 4) is 0 Å². The molecule has 0 aromatic rings. The standard InChI is InChI=1S/C23H36N2O2/c1-24-11-13-25(14-12-24)23(26)27-18-7-10-20-17(15-18)6-9-21-19-4-2-3-16(19)5-8-22(20)21/h15-16,18-22H,2-14H2,1H3. The lowest BCUT2D eigenvalue weighted by atomic mass is 9.56. The van der Waals surface area contributed by atoms with Crippen LogP contribution in [0.4, 0.5) is 4.79 Å². The maximum absolute atomic E-state index is 12.5. The quantitative estimate of drug-likeness (QED) is 0.643. The molecule has 6 unspecified atom stereocenters. The SMILES string of the molecule is CN1CCN(C(=O)OC2C=C3CCC4C5CCCC5CCC4C3CC2)CC1. The lowest BCUT2D eigenvalue weighted by Gasteiger charge is -2.49. The summed E-state index contributed by atoms with van der Waals surface area (Å²) in [6.07, 6.45) is 14.6. The smallest absolute Gasteiger partial charge is 0.410 e. The number of ether oxygens (including phenoxy) is 1. The summed E-state index contributed by atoms with van der Waals surface area (Å²) in [7, 11) is 2.11. The number of hydrogen-bond donors (Lipinski definition) is 0. The average Bonchev–Trinajstić information content (AvgIpc) is 3.17. The van der Waals surface area contributed by atoms with E-state index in [4.69, 9.17) is 4.74 Å². The van der Waals surface area contributed by atoms with Crippen molar-refractivity contribution in [1.29, 1.82) is 0 Å². The average molecular weight is 373 g/mol. The van der Waals surface area contributed by atoms with E-state index in [1.54, 1.807) is 5.57 Å². The molecule has 4 heteroatoms.